The number of rotatable bonds is 3. The number of anilines is 1. The van der Waals surface area contributed by atoms with Crippen LogP contribution in [0.3, 0.4) is 0 Å². The van der Waals surface area contributed by atoms with E-state index < -0.39 is 29.8 Å². The van der Waals surface area contributed by atoms with Gasteiger partial charge in [-0.25, -0.2) is 4.39 Å². The molecule has 216 valence electrons. The molecule has 2 N–H and O–H groups in total. The summed E-state index contributed by atoms with van der Waals surface area (Å²) in [6.45, 7) is 0.540. The zero-order valence-corrected chi connectivity index (χ0v) is 22.7. The highest BCUT2D eigenvalue weighted by Gasteiger charge is 2.35. The van der Waals surface area contributed by atoms with Crippen molar-refractivity contribution in [2.45, 2.75) is 25.1 Å². The van der Waals surface area contributed by atoms with Gasteiger partial charge in [-0.1, -0.05) is 35.5 Å². The highest BCUT2D eigenvalue weighted by Crippen LogP contribution is 2.30. The zero-order valence-electron chi connectivity index (χ0n) is 22.7. The molecule has 6 rings (SSSR count). The monoisotopic (exact) mass is 573 g/mol. The molecule has 2 aliphatic rings. The topological polar surface area (TPSA) is 128 Å². The summed E-state index contributed by atoms with van der Waals surface area (Å²) in [4.78, 5) is 32.4. The standard InChI is InChI=1S/C30H28FN5O6/c1-39-25-8-7-20-13-26(25)40-17-27(37)32-15-18-11-21(31)14-22(12-18)41-24-9-10-36(16-23(24)33-29(20)38)30-34-28(35-42-30)19-5-3-2-4-6-19/h2-8,11-14,23-24H,9-10,15-17H2,1H3,(H,32,37)(H,33,38)/t23-,24+/m0/s1. The Kier molecular flexibility index (Phi) is 7.58. The number of aromatic nitrogens is 2. The van der Waals surface area contributed by atoms with Crippen LogP contribution in [0.4, 0.5) is 10.4 Å². The molecule has 12 heteroatoms. The van der Waals surface area contributed by atoms with Gasteiger partial charge in [0, 0.05) is 43.2 Å². The largest absolute Gasteiger partial charge is 0.493 e. The average Bonchev–Trinajstić information content (AvgIpc) is 3.50. The molecule has 0 aliphatic carbocycles. The summed E-state index contributed by atoms with van der Waals surface area (Å²) in [6.07, 6.45) is -0.0408. The van der Waals surface area contributed by atoms with E-state index in [9.17, 15) is 14.0 Å². The van der Waals surface area contributed by atoms with Crippen molar-refractivity contribution in [3.8, 4) is 28.6 Å². The quantitative estimate of drug-likeness (QED) is 0.379. The average molecular weight is 574 g/mol. The van der Waals surface area contributed by atoms with Crippen molar-refractivity contribution in [1.82, 2.24) is 20.8 Å². The fourth-order valence-corrected chi connectivity index (χ4v) is 4.98. The molecule has 1 saturated heterocycles. The number of nitrogens with one attached hydrogen (secondary N) is 2. The maximum absolute atomic E-state index is 14.5. The zero-order chi connectivity index (χ0) is 29.1. The van der Waals surface area contributed by atoms with Gasteiger partial charge in [-0.3, -0.25) is 9.59 Å². The lowest BCUT2D eigenvalue weighted by Crippen LogP contribution is -2.57. The highest BCUT2D eigenvalue weighted by molar-refractivity contribution is 5.95. The number of ether oxygens (including phenoxy) is 3. The Hall–Kier alpha value is -5.13. The van der Waals surface area contributed by atoms with Gasteiger partial charge in [0.2, 0.25) is 5.82 Å². The molecule has 2 aliphatic heterocycles. The van der Waals surface area contributed by atoms with Crippen molar-refractivity contribution in [3.63, 3.8) is 0 Å². The van der Waals surface area contributed by atoms with Crippen LogP contribution in [0.5, 0.6) is 17.2 Å². The molecule has 0 radical (unpaired) electrons. The summed E-state index contributed by atoms with van der Waals surface area (Å²) < 4.78 is 37.4. The number of benzene rings is 3. The minimum absolute atomic E-state index is 0.0764. The molecule has 4 aromatic rings. The number of hydrogen-bond donors (Lipinski definition) is 2. The number of piperidine rings is 1. The summed E-state index contributed by atoms with van der Waals surface area (Å²) in [5.41, 5.74) is 1.63. The highest BCUT2D eigenvalue weighted by atomic mass is 19.1. The van der Waals surface area contributed by atoms with Crippen molar-refractivity contribution in [3.05, 3.63) is 83.7 Å². The van der Waals surface area contributed by atoms with Crippen LogP contribution in [0, 0.1) is 5.82 Å². The Balaban J connectivity index is 1.31. The van der Waals surface area contributed by atoms with E-state index in [0.29, 0.717) is 48.2 Å². The van der Waals surface area contributed by atoms with Crippen LogP contribution in [0.15, 0.2) is 71.3 Å². The summed E-state index contributed by atoms with van der Waals surface area (Å²) in [7, 11) is 1.47. The molecule has 3 heterocycles. The molecule has 1 aromatic heterocycles. The normalized spacial score (nSPS) is 19.0. The Morgan fingerprint density at radius 3 is 2.74 bits per heavy atom. The number of halogens is 1. The smallest absolute Gasteiger partial charge is 0.324 e. The molecule has 3 aromatic carbocycles. The first kappa shape index (κ1) is 27.1. The van der Waals surface area contributed by atoms with Crippen LogP contribution in [-0.4, -0.2) is 60.9 Å². The second-order valence-electron chi connectivity index (χ2n) is 9.96. The fraction of sp³-hybridized carbons (Fsp3) is 0.267. The van der Waals surface area contributed by atoms with Crippen molar-refractivity contribution >= 4 is 17.8 Å². The van der Waals surface area contributed by atoms with Gasteiger partial charge >= 0.3 is 6.01 Å². The van der Waals surface area contributed by atoms with Crippen LogP contribution >= 0.6 is 0 Å². The third-order valence-corrected chi connectivity index (χ3v) is 7.08. The molecule has 0 spiro atoms. The fourth-order valence-electron chi connectivity index (χ4n) is 4.98. The van der Waals surface area contributed by atoms with Gasteiger partial charge in [0.1, 0.15) is 17.7 Å². The molecule has 4 bridgehead atoms. The number of fused-ring (bicyclic) bond motifs is 5. The van der Waals surface area contributed by atoms with Crippen LogP contribution in [0.2, 0.25) is 0 Å². The van der Waals surface area contributed by atoms with Gasteiger partial charge in [0.25, 0.3) is 11.8 Å². The van der Waals surface area contributed by atoms with Crippen LogP contribution < -0.4 is 29.7 Å². The van der Waals surface area contributed by atoms with E-state index in [-0.39, 0.29) is 24.7 Å². The summed E-state index contributed by atoms with van der Waals surface area (Å²) in [5.74, 6) is 0.0201. The van der Waals surface area contributed by atoms with Gasteiger partial charge in [-0.2, -0.15) is 4.98 Å². The van der Waals surface area contributed by atoms with E-state index in [1.807, 2.05) is 35.2 Å². The van der Waals surface area contributed by atoms with E-state index in [1.165, 1.54) is 25.3 Å². The molecule has 2 atom stereocenters. The van der Waals surface area contributed by atoms with Gasteiger partial charge in [-0.15, -0.1) is 0 Å². The van der Waals surface area contributed by atoms with Crippen molar-refractivity contribution in [1.29, 1.82) is 0 Å². The molecule has 0 unspecified atom stereocenters. The predicted molar refractivity (Wildman–Crippen MR) is 149 cm³/mol. The Morgan fingerprint density at radius 2 is 1.90 bits per heavy atom. The lowest BCUT2D eigenvalue weighted by Gasteiger charge is -2.38. The summed E-state index contributed by atoms with van der Waals surface area (Å²) >= 11 is 0. The lowest BCUT2D eigenvalue weighted by molar-refractivity contribution is -0.123. The lowest BCUT2D eigenvalue weighted by atomic mass is 10.0. The first-order chi connectivity index (χ1) is 20.4. The first-order valence-corrected chi connectivity index (χ1v) is 13.4. The molecular weight excluding hydrogens is 545 g/mol. The third-order valence-electron chi connectivity index (χ3n) is 7.08. The first-order valence-electron chi connectivity index (χ1n) is 13.4. The van der Waals surface area contributed by atoms with E-state index in [1.54, 1.807) is 18.2 Å². The third kappa shape index (κ3) is 5.97. The molecule has 2 amide bonds. The van der Waals surface area contributed by atoms with E-state index in [0.717, 1.165) is 5.56 Å². The number of nitrogens with zero attached hydrogens (tertiary/aromatic N) is 3. The van der Waals surface area contributed by atoms with E-state index in [2.05, 4.69) is 20.8 Å². The number of carbonyl (C=O) groups excluding carboxylic acids is 2. The summed E-state index contributed by atoms with van der Waals surface area (Å²) in [5, 5.41) is 9.89. The number of amides is 2. The number of hydrogen-bond acceptors (Lipinski definition) is 9. The minimum Gasteiger partial charge on any atom is -0.493 e. The molecule has 1 fully saturated rings. The number of methoxy groups -OCH3 is 1. The van der Waals surface area contributed by atoms with Gasteiger partial charge in [-0.05, 0) is 35.9 Å². The van der Waals surface area contributed by atoms with Crippen molar-refractivity contribution in [2.75, 3.05) is 31.7 Å². The van der Waals surface area contributed by atoms with Crippen molar-refractivity contribution in [2.24, 2.45) is 0 Å². The second kappa shape index (κ2) is 11.8. The Bertz CT molecular complexity index is 1600. The summed E-state index contributed by atoms with van der Waals surface area (Å²) in [6, 6.07) is 18.2. The van der Waals surface area contributed by atoms with Crippen LogP contribution in [0.1, 0.15) is 22.3 Å². The van der Waals surface area contributed by atoms with Crippen molar-refractivity contribution < 1.29 is 32.7 Å². The van der Waals surface area contributed by atoms with Gasteiger partial charge in [0.05, 0.1) is 13.2 Å². The maximum atomic E-state index is 14.5. The maximum Gasteiger partial charge on any atom is 0.324 e. The minimum atomic E-state index is -0.538. The van der Waals surface area contributed by atoms with Crippen LogP contribution in [-0.2, 0) is 11.3 Å². The number of carbonyl (C=O) groups is 2. The van der Waals surface area contributed by atoms with E-state index >= 15 is 0 Å². The molecule has 11 nitrogen and oxygen atoms in total. The molecular formula is C30H28FN5O6. The van der Waals surface area contributed by atoms with Crippen LogP contribution in [0.25, 0.3) is 11.4 Å². The SMILES string of the molecule is COc1ccc2cc1OCC(=O)NCc1cc(F)cc(c1)O[C@@H]1CCN(c3nc(-c4ccccc4)no3)C[C@@H]1NC2=O. The van der Waals surface area contributed by atoms with E-state index in [4.69, 9.17) is 18.7 Å². The Labute approximate surface area is 240 Å². The Morgan fingerprint density at radius 1 is 1.05 bits per heavy atom. The molecule has 42 heavy (non-hydrogen) atoms. The van der Waals surface area contributed by atoms with Gasteiger partial charge in [0.15, 0.2) is 18.1 Å². The predicted octanol–water partition coefficient (Wildman–Crippen LogP) is 3.35. The van der Waals surface area contributed by atoms with Gasteiger partial charge < -0.3 is 34.3 Å². The molecule has 0 saturated carbocycles. The second-order valence-corrected chi connectivity index (χ2v) is 9.96.